The van der Waals surface area contributed by atoms with Crippen LogP contribution in [0.3, 0.4) is 0 Å². The number of nitro benzene ring substituents is 1. The van der Waals surface area contributed by atoms with Gasteiger partial charge in [0.05, 0.1) is 17.1 Å². The molecular formula is C10H10ClNO5. The molecule has 0 radical (unpaired) electrons. The lowest BCUT2D eigenvalue weighted by atomic mass is 10.2. The maximum atomic E-state index is 11.5. The fourth-order valence-electron chi connectivity index (χ4n) is 1.08. The number of halogens is 1. The summed E-state index contributed by atoms with van der Waals surface area (Å²) < 4.78 is 9.52. The highest BCUT2D eigenvalue weighted by atomic mass is 35.5. The maximum Gasteiger partial charge on any atom is 0.338 e. The molecule has 0 heterocycles. The maximum absolute atomic E-state index is 11.5. The van der Waals surface area contributed by atoms with E-state index in [1.165, 1.54) is 19.2 Å². The SMILES string of the molecule is COCCOC(=O)c1ccc(Cl)c([N+](=O)[O-])c1. The molecule has 0 saturated carbocycles. The topological polar surface area (TPSA) is 78.7 Å². The molecule has 0 aliphatic heterocycles. The molecule has 0 aromatic heterocycles. The largest absolute Gasteiger partial charge is 0.460 e. The smallest absolute Gasteiger partial charge is 0.338 e. The lowest BCUT2D eigenvalue weighted by Gasteiger charge is -2.04. The van der Waals surface area contributed by atoms with Crippen molar-refractivity contribution in [2.45, 2.75) is 0 Å². The van der Waals surface area contributed by atoms with Crippen molar-refractivity contribution < 1.29 is 19.2 Å². The number of hydrogen-bond donors (Lipinski definition) is 0. The van der Waals surface area contributed by atoms with Crippen LogP contribution in [-0.4, -0.2) is 31.2 Å². The Bertz CT molecular complexity index is 435. The first-order chi connectivity index (χ1) is 8.06. The summed E-state index contributed by atoms with van der Waals surface area (Å²) in [5, 5.41) is 10.6. The third-order valence-electron chi connectivity index (χ3n) is 1.90. The molecule has 92 valence electrons. The van der Waals surface area contributed by atoms with E-state index < -0.39 is 10.9 Å². The van der Waals surface area contributed by atoms with E-state index in [0.29, 0.717) is 0 Å². The molecule has 0 amide bonds. The van der Waals surface area contributed by atoms with Crippen LogP contribution in [0.1, 0.15) is 10.4 Å². The molecule has 0 unspecified atom stereocenters. The minimum absolute atomic E-state index is 0.0246. The molecule has 0 saturated heterocycles. The van der Waals surface area contributed by atoms with Crippen LogP contribution in [0.15, 0.2) is 18.2 Å². The Morgan fingerprint density at radius 2 is 2.18 bits per heavy atom. The quantitative estimate of drug-likeness (QED) is 0.350. The first kappa shape index (κ1) is 13.4. The summed E-state index contributed by atoms with van der Waals surface area (Å²) in [5.74, 6) is -0.651. The van der Waals surface area contributed by atoms with Crippen molar-refractivity contribution in [3.05, 3.63) is 38.9 Å². The van der Waals surface area contributed by atoms with Crippen LogP contribution < -0.4 is 0 Å². The van der Waals surface area contributed by atoms with Crippen molar-refractivity contribution in [3.8, 4) is 0 Å². The lowest BCUT2D eigenvalue weighted by Crippen LogP contribution is -2.10. The van der Waals surface area contributed by atoms with Gasteiger partial charge in [-0.05, 0) is 12.1 Å². The van der Waals surface area contributed by atoms with E-state index in [9.17, 15) is 14.9 Å². The summed E-state index contributed by atoms with van der Waals surface area (Å²) in [6, 6.07) is 3.73. The third kappa shape index (κ3) is 3.69. The summed E-state index contributed by atoms with van der Waals surface area (Å²) >= 11 is 5.61. The highest BCUT2D eigenvalue weighted by molar-refractivity contribution is 6.32. The van der Waals surface area contributed by atoms with Gasteiger partial charge >= 0.3 is 5.97 Å². The fraction of sp³-hybridized carbons (Fsp3) is 0.300. The number of carbonyl (C=O) groups excluding carboxylic acids is 1. The van der Waals surface area contributed by atoms with Crippen LogP contribution in [0, 0.1) is 10.1 Å². The predicted molar refractivity (Wildman–Crippen MR) is 60.3 cm³/mol. The van der Waals surface area contributed by atoms with Crippen molar-refractivity contribution in [2.24, 2.45) is 0 Å². The number of carbonyl (C=O) groups is 1. The molecule has 0 N–H and O–H groups in total. The van der Waals surface area contributed by atoms with E-state index in [1.807, 2.05) is 0 Å². The number of esters is 1. The zero-order valence-corrected chi connectivity index (χ0v) is 9.77. The summed E-state index contributed by atoms with van der Waals surface area (Å²) in [4.78, 5) is 21.4. The Morgan fingerprint density at radius 1 is 1.47 bits per heavy atom. The highest BCUT2D eigenvalue weighted by Crippen LogP contribution is 2.25. The van der Waals surface area contributed by atoms with Crippen molar-refractivity contribution in [1.29, 1.82) is 0 Å². The molecule has 17 heavy (non-hydrogen) atoms. The lowest BCUT2D eigenvalue weighted by molar-refractivity contribution is -0.384. The minimum atomic E-state index is -0.658. The Morgan fingerprint density at radius 3 is 2.76 bits per heavy atom. The number of benzene rings is 1. The van der Waals surface area contributed by atoms with E-state index in [-0.39, 0.29) is 29.5 Å². The Balaban J connectivity index is 2.81. The van der Waals surface area contributed by atoms with E-state index in [2.05, 4.69) is 0 Å². The predicted octanol–water partition coefficient (Wildman–Crippen LogP) is 2.05. The van der Waals surface area contributed by atoms with Crippen LogP contribution in [0.4, 0.5) is 5.69 Å². The molecule has 6 nitrogen and oxygen atoms in total. The number of nitrogens with zero attached hydrogens (tertiary/aromatic N) is 1. The number of ether oxygens (including phenoxy) is 2. The number of hydrogen-bond acceptors (Lipinski definition) is 5. The molecule has 0 atom stereocenters. The van der Waals surface area contributed by atoms with E-state index in [1.54, 1.807) is 0 Å². The number of rotatable bonds is 5. The molecular weight excluding hydrogens is 250 g/mol. The first-order valence-electron chi connectivity index (χ1n) is 4.66. The Hall–Kier alpha value is -1.66. The van der Waals surface area contributed by atoms with E-state index in [0.717, 1.165) is 6.07 Å². The zero-order valence-electron chi connectivity index (χ0n) is 9.01. The third-order valence-corrected chi connectivity index (χ3v) is 2.22. The van der Waals surface area contributed by atoms with Gasteiger partial charge in [-0.1, -0.05) is 11.6 Å². The average molecular weight is 260 g/mol. The minimum Gasteiger partial charge on any atom is -0.460 e. The molecule has 1 aromatic carbocycles. The van der Waals surface area contributed by atoms with Gasteiger partial charge in [-0.2, -0.15) is 0 Å². The van der Waals surface area contributed by atoms with Gasteiger partial charge in [0.25, 0.3) is 5.69 Å². The normalized spacial score (nSPS) is 10.0. The summed E-state index contributed by atoms with van der Waals surface area (Å²) in [6.07, 6.45) is 0. The molecule has 0 fully saturated rings. The first-order valence-corrected chi connectivity index (χ1v) is 5.04. The number of methoxy groups -OCH3 is 1. The molecule has 0 bridgehead atoms. The van der Waals surface area contributed by atoms with Crippen LogP contribution in [-0.2, 0) is 9.47 Å². The van der Waals surface area contributed by atoms with Crippen LogP contribution >= 0.6 is 11.6 Å². The zero-order chi connectivity index (χ0) is 12.8. The molecule has 1 rings (SSSR count). The average Bonchev–Trinajstić information content (AvgIpc) is 2.29. The van der Waals surface area contributed by atoms with E-state index in [4.69, 9.17) is 21.1 Å². The van der Waals surface area contributed by atoms with Gasteiger partial charge in [-0.25, -0.2) is 4.79 Å². The second-order valence-corrected chi connectivity index (χ2v) is 3.46. The number of nitro groups is 1. The fourth-order valence-corrected chi connectivity index (χ4v) is 1.27. The van der Waals surface area contributed by atoms with E-state index >= 15 is 0 Å². The highest BCUT2D eigenvalue weighted by Gasteiger charge is 2.16. The summed E-state index contributed by atoms with van der Waals surface area (Å²) in [7, 11) is 1.47. The molecule has 1 aromatic rings. The summed E-state index contributed by atoms with van der Waals surface area (Å²) in [6.45, 7) is 0.354. The molecule has 7 heteroatoms. The molecule has 0 aliphatic carbocycles. The Labute approximate surface area is 102 Å². The summed E-state index contributed by atoms with van der Waals surface area (Å²) in [5.41, 5.74) is -0.245. The van der Waals surface area contributed by atoms with Gasteiger partial charge in [0, 0.05) is 13.2 Å². The van der Waals surface area contributed by atoms with Gasteiger partial charge in [0.1, 0.15) is 11.6 Å². The van der Waals surface area contributed by atoms with Crippen molar-refractivity contribution >= 4 is 23.3 Å². The standard InChI is InChI=1S/C10H10ClNO5/c1-16-4-5-17-10(13)7-2-3-8(11)9(6-7)12(14)15/h2-3,6H,4-5H2,1H3. The van der Waals surface area contributed by atoms with Crippen molar-refractivity contribution in [2.75, 3.05) is 20.3 Å². The van der Waals surface area contributed by atoms with Crippen molar-refractivity contribution in [3.63, 3.8) is 0 Å². The van der Waals surface area contributed by atoms with Crippen LogP contribution in [0.5, 0.6) is 0 Å². The van der Waals surface area contributed by atoms with Gasteiger partial charge in [-0.15, -0.1) is 0 Å². The van der Waals surface area contributed by atoms with Crippen molar-refractivity contribution in [1.82, 2.24) is 0 Å². The second kappa shape index (κ2) is 6.17. The van der Waals surface area contributed by atoms with Gasteiger partial charge < -0.3 is 9.47 Å². The van der Waals surface area contributed by atoms with Gasteiger partial charge in [0.2, 0.25) is 0 Å². The van der Waals surface area contributed by atoms with Gasteiger partial charge in [-0.3, -0.25) is 10.1 Å². The Kier molecular flexibility index (Phi) is 4.86. The van der Waals surface area contributed by atoms with Crippen LogP contribution in [0.2, 0.25) is 5.02 Å². The second-order valence-electron chi connectivity index (χ2n) is 3.05. The monoisotopic (exact) mass is 259 g/mol. The molecule has 0 aliphatic rings. The molecule has 0 spiro atoms. The van der Waals surface area contributed by atoms with Gasteiger partial charge in [0.15, 0.2) is 0 Å². The van der Waals surface area contributed by atoms with Crippen LogP contribution in [0.25, 0.3) is 0 Å².